The Morgan fingerprint density at radius 3 is 2.86 bits per heavy atom. The number of hydrogen-bond acceptors (Lipinski definition) is 4. The van der Waals surface area contributed by atoms with E-state index in [4.69, 9.17) is 5.53 Å². The van der Waals surface area contributed by atoms with Crippen molar-refractivity contribution in [2.75, 3.05) is 0 Å². The van der Waals surface area contributed by atoms with Gasteiger partial charge >= 0.3 is 0 Å². The monoisotopic (exact) mass is 97.0 g/mol. The number of hydrogen-bond donors (Lipinski definition) is 1. The molecule has 7 heavy (non-hydrogen) atoms. The van der Waals surface area contributed by atoms with E-state index in [-0.39, 0.29) is 0 Å². The first-order valence-corrected chi connectivity index (χ1v) is 1.67. The molecule has 0 aromatic carbocycles. The lowest BCUT2D eigenvalue weighted by atomic mass is 11.0. The summed E-state index contributed by atoms with van der Waals surface area (Å²) in [5.41, 5.74) is 6.35. The van der Waals surface area contributed by atoms with Gasteiger partial charge in [0.2, 0.25) is 0 Å². The molecular formula is C2H3N5. The van der Waals surface area contributed by atoms with E-state index in [1.165, 1.54) is 12.4 Å². The molecule has 0 aliphatic carbocycles. The minimum atomic E-state index is 1.06. The van der Waals surface area contributed by atoms with Crippen LogP contribution in [-0.4, -0.2) is 15.1 Å². The summed E-state index contributed by atoms with van der Waals surface area (Å²) in [6.45, 7) is 0. The first-order valence-electron chi connectivity index (χ1n) is 1.67. The Bertz CT molecular complexity index is 141. The molecule has 0 saturated carbocycles. The van der Waals surface area contributed by atoms with Crippen LogP contribution in [0.3, 0.4) is 0 Å². The maximum Gasteiger partial charge on any atom is 0.0733 e. The van der Waals surface area contributed by atoms with Gasteiger partial charge in [0.15, 0.2) is 0 Å². The van der Waals surface area contributed by atoms with Crippen molar-refractivity contribution in [3.63, 3.8) is 0 Å². The van der Waals surface area contributed by atoms with Gasteiger partial charge in [0.25, 0.3) is 0 Å². The Kier molecular flexibility index (Phi) is 0.816. The lowest BCUT2D eigenvalue weighted by molar-refractivity contribution is 0.633. The van der Waals surface area contributed by atoms with Crippen LogP contribution in [0, 0.1) is 5.53 Å². The zero-order valence-corrected chi connectivity index (χ0v) is 3.44. The van der Waals surface area contributed by atoms with Gasteiger partial charge in [0, 0.05) is 0 Å². The lowest BCUT2D eigenvalue weighted by Gasteiger charge is -1.74. The number of rotatable bonds is 1. The van der Waals surface area contributed by atoms with Gasteiger partial charge in [0.05, 0.1) is 12.4 Å². The molecule has 1 heterocycles. The van der Waals surface area contributed by atoms with Crippen LogP contribution < -0.4 is 0 Å². The second-order valence-electron chi connectivity index (χ2n) is 0.923. The van der Waals surface area contributed by atoms with E-state index in [0.717, 1.165) is 4.79 Å². The molecule has 0 unspecified atom stereocenters. The van der Waals surface area contributed by atoms with E-state index in [0.29, 0.717) is 0 Å². The van der Waals surface area contributed by atoms with Crippen molar-refractivity contribution in [3.8, 4) is 0 Å². The summed E-state index contributed by atoms with van der Waals surface area (Å²) >= 11 is 0. The maximum absolute atomic E-state index is 6.35. The van der Waals surface area contributed by atoms with E-state index in [1.807, 2.05) is 0 Å². The Hall–Kier alpha value is -1.26. The predicted octanol–water partition coefficient (Wildman–Crippen LogP) is 0.0722. The summed E-state index contributed by atoms with van der Waals surface area (Å²) in [6, 6.07) is 0. The molecule has 1 rings (SSSR count). The minimum absolute atomic E-state index is 1.06. The molecular weight excluding hydrogens is 94.1 g/mol. The topological polar surface area (TPSA) is 66.9 Å². The van der Waals surface area contributed by atoms with E-state index in [1.54, 1.807) is 0 Å². The Morgan fingerprint density at radius 1 is 1.71 bits per heavy atom. The molecule has 0 bridgehead atoms. The molecule has 1 aromatic rings. The molecule has 0 radical (unpaired) electrons. The van der Waals surface area contributed by atoms with Crippen molar-refractivity contribution in [1.29, 1.82) is 5.53 Å². The molecule has 0 fully saturated rings. The van der Waals surface area contributed by atoms with Crippen LogP contribution in [0.2, 0.25) is 0 Å². The van der Waals surface area contributed by atoms with E-state index < -0.39 is 0 Å². The second kappa shape index (κ2) is 1.46. The fourth-order valence-electron chi connectivity index (χ4n) is 0.255. The SMILES string of the molecule is N=Nn1ccnn1. The normalized spacial score (nSPS) is 8.57. The Balaban J connectivity index is 2.96. The highest BCUT2D eigenvalue weighted by molar-refractivity contribution is 4.60. The average Bonchev–Trinajstić information content (AvgIpc) is 2.14. The summed E-state index contributed by atoms with van der Waals surface area (Å²) in [7, 11) is 0. The molecule has 0 aliphatic rings. The third-order valence-corrected chi connectivity index (χ3v) is 0.512. The highest BCUT2D eigenvalue weighted by Gasteiger charge is 1.77. The fraction of sp³-hybridized carbons (Fsp3) is 0. The second-order valence-corrected chi connectivity index (χ2v) is 0.923. The minimum Gasteiger partial charge on any atom is -0.184 e. The number of nitrogens with one attached hydrogen (secondary N) is 1. The highest BCUT2D eigenvalue weighted by atomic mass is 15.6. The van der Waals surface area contributed by atoms with E-state index >= 15 is 0 Å². The van der Waals surface area contributed by atoms with Crippen molar-refractivity contribution in [2.24, 2.45) is 5.22 Å². The van der Waals surface area contributed by atoms with Gasteiger partial charge in [-0.25, -0.2) is 0 Å². The lowest BCUT2D eigenvalue weighted by Crippen LogP contribution is -1.84. The van der Waals surface area contributed by atoms with Crippen molar-refractivity contribution in [2.45, 2.75) is 0 Å². The van der Waals surface area contributed by atoms with Crippen LogP contribution in [-0.2, 0) is 0 Å². The molecule has 0 aliphatic heterocycles. The molecule has 5 heteroatoms. The van der Waals surface area contributed by atoms with Gasteiger partial charge in [-0.3, -0.25) is 0 Å². The molecule has 36 valence electrons. The van der Waals surface area contributed by atoms with Crippen LogP contribution in [0.25, 0.3) is 0 Å². The van der Waals surface area contributed by atoms with Gasteiger partial charge in [-0.15, -0.1) is 9.89 Å². The van der Waals surface area contributed by atoms with Gasteiger partial charge in [-0.2, -0.15) is 5.53 Å². The smallest absolute Gasteiger partial charge is 0.0733 e. The first-order chi connectivity index (χ1) is 3.43. The summed E-state index contributed by atoms with van der Waals surface area (Å²) in [4.78, 5) is 1.06. The zero-order chi connectivity index (χ0) is 5.11. The van der Waals surface area contributed by atoms with E-state index in [9.17, 15) is 0 Å². The predicted molar refractivity (Wildman–Crippen MR) is 20.6 cm³/mol. The summed E-state index contributed by atoms with van der Waals surface area (Å²) in [6.07, 6.45) is 2.94. The van der Waals surface area contributed by atoms with Crippen LogP contribution in [0.5, 0.6) is 0 Å². The van der Waals surface area contributed by atoms with Gasteiger partial charge < -0.3 is 0 Å². The maximum atomic E-state index is 6.35. The van der Waals surface area contributed by atoms with Crippen molar-refractivity contribution in [1.82, 2.24) is 15.1 Å². The van der Waals surface area contributed by atoms with Crippen LogP contribution in [0.4, 0.5) is 0 Å². The molecule has 0 spiro atoms. The zero-order valence-electron chi connectivity index (χ0n) is 3.44. The van der Waals surface area contributed by atoms with Crippen molar-refractivity contribution in [3.05, 3.63) is 12.4 Å². The summed E-state index contributed by atoms with van der Waals surface area (Å²) < 4.78 is 0. The number of aromatic nitrogens is 3. The van der Waals surface area contributed by atoms with Crippen molar-refractivity contribution >= 4 is 0 Å². The third kappa shape index (κ3) is 0.594. The van der Waals surface area contributed by atoms with Crippen LogP contribution in [0.15, 0.2) is 17.6 Å². The van der Waals surface area contributed by atoms with E-state index in [2.05, 4.69) is 15.5 Å². The fourth-order valence-corrected chi connectivity index (χ4v) is 0.255. The molecule has 1 N–H and O–H groups in total. The highest BCUT2D eigenvalue weighted by Crippen LogP contribution is 1.73. The molecule has 5 nitrogen and oxygen atoms in total. The summed E-state index contributed by atoms with van der Waals surface area (Å²) in [5.74, 6) is 0. The first kappa shape index (κ1) is 3.91. The molecule has 0 saturated heterocycles. The molecule has 0 amide bonds. The summed E-state index contributed by atoms with van der Waals surface area (Å²) in [5, 5.41) is 9.66. The quantitative estimate of drug-likeness (QED) is 0.504. The van der Waals surface area contributed by atoms with Crippen molar-refractivity contribution < 1.29 is 0 Å². The average molecular weight is 97.1 g/mol. The van der Waals surface area contributed by atoms with Gasteiger partial charge in [-0.05, 0) is 5.21 Å². The molecule has 0 atom stereocenters. The standard InChI is InChI=1S/C2H3N5/c3-5-7-2-1-4-6-7/h1-3H. The Morgan fingerprint density at radius 2 is 2.57 bits per heavy atom. The largest absolute Gasteiger partial charge is 0.184 e. The van der Waals surface area contributed by atoms with Crippen LogP contribution in [0.1, 0.15) is 0 Å². The number of nitrogens with zero attached hydrogens (tertiary/aromatic N) is 4. The molecule has 1 aromatic heterocycles. The third-order valence-electron chi connectivity index (χ3n) is 0.512. The van der Waals surface area contributed by atoms with Gasteiger partial charge in [-0.1, -0.05) is 5.22 Å². The van der Waals surface area contributed by atoms with Gasteiger partial charge in [0.1, 0.15) is 0 Å². The Labute approximate surface area is 39.4 Å². The van der Waals surface area contributed by atoms with Crippen LogP contribution >= 0.6 is 0 Å².